The number of benzene rings is 6. The molecule has 0 bridgehead atoms. The van der Waals surface area contributed by atoms with Gasteiger partial charge in [-0.05, 0) is 58.0 Å². The van der Waals surface area contributed by atoms with E-state index in [0.29, 0.717) is 0 Å². The van der Waals surface area contributed by atoms with Gasteiger partial charge in [-0.15, -0.1) is 11.3 Å². The van der Waals surface area contributed by atoms with Crippen molar-refractivity contribution >= 4 is 80.9 Å². The van der Waals surface area contributed by atoms with Crippen molar-refractivity contribution < 1.29 is 0 Å². The maximum atomic E-state index is 5.35. The van der Waals surface area contributed by atoms with Gasteiger partial charge >= 0.3 is 0 Å². The van der Waals surface area contributed by atoms with Crippen LogP contribution in [0.25, 0.3) is 97.5 Å². The summed E-state index contributed by atoms with van der Waals surface area (Å²) in [6.07, 6.45) is 0. The molecule has 4 heteroatoms. The molecule has 0 unspecified atom stereocenters. The van der Waals surface area contributed by atoms with Gasteiger partial charge in [0.25, 0.3) is 0 Å². The number of thiophene rings is 1. The molecule has 0 aliphatic heterocycles. The fourth-order valence-corrected chi connectivity index (χ4v) is 8.99. The molecule has 6 aromatic carbocycles. The quantitative estimate of drug-likeness (QED) is 0.195. The van der Waals surface area contributed by atoms with Gasteiger partial charge in [0.15, 0.2) is 5.65 Å². The zero-order chi connectivity index (χ0) is 27.8. The largest absolute Gasteiger partial charge is 0.305 e. The molecule has 0 N–H and O–H groups in total. The highest BCUT2D eigenvalue weighted by Crippen LogP contribution is 2.50. The van der Waals surface area contributed by atoms with Gasteiger partial charge in [0.2, 0.25) is 0 Å². The van der Waals surface area contributed by atoms with Crippen LogP contribution in [-0.4, -0.2) is 14.0 Å². The normalized spacial score (nSPS) is 12.7. The summed E-state index contributed by atoms with van der Waals surface area (Å²) in [4.78, 5) is 6.60. The van der Waals surface area contributed by atoms with Crippen molar-refractivity contribution in [3.05, 3.63) is 127 Å². The molecular formula is C39H21N3S. The van der Waals surface area contributed by atoms with Crippen molar-refractivity contribution in [3.8, 4) is 27.9 Å². The van der Waals surface area contributed by atoms with Gasteiger partial charge in [-0.2, -0.15) is 0 Å². The fraction of sp³-hybridized carbons (Fsp3) is 0. The molecule has 11 rings (SSSR count). The van der Waals surface area contributed by atoms with E-state index < -0.39 is 0 Å². The second kappa shape index (κ2) is 7.68. The van der Waals surface area contributed by atoms with Gasteiger partial charge in [-0.25, -0.2) is 4.98 Å². The summed E-state index contributed by atoms with van der Waals surface area (Å²) in [5.74, 6) is 0. The lowest BCUT2D eigenvalue weighted by molar-refractivity contribution is 1.19. The van der Waals surface area contributed by atoms with Crippen LogP contribution in [0, 0.1) is 0 Å². The molecular weight excluding hydrogens is 543 g/mol. The van der Waals surface area contributed by atoms with E-state index >= 15 is 0 Å². The molecule has 0 saturated carbocycles. The maximum Gasteiger partial charge on any atom is 0.164 e. The van der Waals surface area contributed by atoms with Gasteiger partial charge in [-0.3, -0.25) is 4.40 Å². The number of para-hydroxylation sites is 3. The molecule has 0 fully saturated rings. The summed E-state index contributed by atoms with van der Waals surface area (Å²) < 4.78 is 6.19. The van der Waals surface area contributed by atoms with Crippen LogP contribution in [0.15, 0.2) is 127 Å². The van der Waals surface area contributed by atoms with Crippen LogP contribution in [-0.2, 0) is 0 Å². The second-order valence-electron chi connectivity index (χ2n) is 11.5. The average molecular weight is 564 g/mol. The van der Waals surface area contributed by atoms with Crippen molar-refractivity contribution in [3.63, 3.8) is 0 Å². The Balaban J connectivity index is 1.43. The molecule has 1 aliphatic carbocycles. The molecule has 0 spiro atoms. The fourth-order valence-electron chi connectivity index (χ4n) is 7.77. The zero-order valence-corrected chi connectivity index (χ0v) is 23.7. The summed E-state index contributed by atoms with van der Waals surface area (Å²) in [7, 11) is 0. The minimum atomic E-state index is 0.998. The van der Waals surface area contributed by atoms with Gasteiger partial charge in [0.05, 0.1) is 27.8 Å². The first kappa shape index (κ1) is 22.2. The van der Waals surface area contributed by atoms with E-state index in [-0.39, 0.29) is 0 Å². The highest BCUT2D eigenvalue weighted by atomic mass is 32.1. The van der Waals surface area contributed by atoms with Crippen molar-refractivity contribution in [2.75, 3.05) is 0 Å². The average Bonchev–Trinajstić information content (AvgIpc) is 3.80. The summed E-state index contributed by atoms with van der Waals surface area (Å²) in [5, 5.41) is 7.73. The third kappa shape index (κ3) is 2.60. The smallest absolute Gasteiger partial charge is 0.164 e. The number of imidazole rings is 1. The van der Waals surface area contributed by atoms with E-state index in [1.807, 2.05) is 11.3 Å². The molecule has 198 valence electrons. The van der Waals surface area contributed by atoms with Crippen molar-refractivity contribution in [2.24, 2.45) is 0 Å². The van der Waals surface area contributed by atoms with Crippen LogP contribution in [0.3, 0.4) is 0 Å². The lowest BCUT2D eigenvalue weighted by atomic mass is 10.0. The number of hydrogen-bond donors (Lipinski definition) is 0. The highest BCUT2D eigenvalue weighted by molar-refractivity contribution is 7.25. The standard InChI is InChI=1S/C39H21N3S/c1-2-11-23-22(10-1)24-14-9-15-26-31(21-20-25(23)34(24)26)41-30-17-6-3-12-27(30)35-36-28-13-4-8-19-33(28)43-39(36)42-32-18-7-5-16-29(32)40-38(42)37(35)41/h1-21H. The van der Waals surface area contributed by atoms with Crippen LogP contribution in [0.5, 0.6) is 0 Å². The predicted molar refractivity (Wildman–Crippen MR) is 182 cm³/mol. The number of rotatable bonds is 1. The number of nitrogens with zero attached hydrogens (tertiary/aromatic N) is 3. The zero-order valence-electron chi connectivity index (χ0n) is 22.9. The van der Waals surface area contributed by atoms with Crippen LogP contribution >= 0.6 is 11.3 Å². The Morgan fingerprint density at radius 1 is 0.488 bits per heavy atom. The molecule has 4 heterocycles. The van der Waals surface area contributed by atoms with E-state index in [9.17, 15) is 0 Å². The summed E-state index contributed by atoms with van der Waals surface area (Å²) in [5.41, 5.74) is 12.0. The van der Waals surface area contributed by atoms with Gasteiger partial charge < -0.3 is 4.57 Å². The molecule has 0 radical (unpaired) electrons. The van der Waals surface area contributed by atoms with E-state index in [2.05, 4.69) is 136 Å². The van der Waals surface area contributed by atoms with E-state index in [1.54, 1.807) is 0 Å². The number of fused-ring (bicyclic) bond motifs is 15. The molecule has 10 aromatic rings. The van der Waals surface area contributed by atoms with Crippen molar-refractivity contribution in [1.82, 2.24) is 14.0 Å². The summed E-state index contributed by atoms with van der Waals surface area (Å²) in [6.45, 7) is 0. The lowest BCUT2D eigenvalue weighted by Crippen LogP contribution is -1.98. The van der Waals surface area contributed by atoms with Crippen molar-refractivity contribution in [2.45, 2.75) is 0 Å². The highest BCUT2D eigenvalue weighted by Gasteiger charge is 2.27. The number of hydrogen-bond acceptors (Lipinski definition) is 2. The first-order valence-electron chi connectivity index (χ1n) is 14.7. The Morgan fingerprint density at radius 2 is 1.16 bits per heavy atom. The van der Waals surface area contributed by atoms with E-state index in [4.69, 9.17) is 4.98 Å². The monoisotopic (exact) mass is 563 g/mol. The topological polar surface area (TPSA) is 22.2 Å². The Bertz CT molecular complexity index is 2820. The molecule has 0 amide bonds. The van der Waals surface area contributed by atoms with E-state index in [1.165, 1.54) is 75.3 Å². The third-order valence-corrected chi connectivity index (χ3v) is 10.6. The Labute approximate surface area is 249 Å². The summed E-state index contributed by atoms with van der Waals surface area (Å²) >= 11 is 1.86. The predicted octanol–water partition coefficient (Wildman–Crippen LogP) is 10.8. The van der Waals surface area contributed by atoms with Gasteiger partial charge in [-0.1, -0.05) is 97.1 Å². The second-order valence-corrected chi connectivity index (χ2v) is 12.6. The van der Waals surface area contributed by atoms with Crippen LogP contribution in [0.4, 0.5) is 0 Å². The maximum absolute atomic E-state index is 5.35. The van der Waals surface area contributed by atoms with Gasteiger partial charge in [0.1, 0.15) is 4.83 Å². The number of aromatic nitrogens is 3. The molecule has 4 aromatic heterocycles. The Hall–Kier alpha value is -5.45. The van der Waals surface area contributed by atoms with Gasteiger partial charge in [0, 0.05) is 31.6 Å². The molecule has 3 nitrogen and oxygen atoms in total. The van der Waals surface area contributed by atoms with E-state index in [0.717, 1.165) is 22.2 Å². The van der Waals surface area contributed by atoms with Crippen LogP contribution in [0.2, 0.25) is 0 Å². The molecule has 0 atom stereocenters. The van der Waals surface area contributed by atoms with Crippen molar-refractivity contribution in [1.29, 1.82) is 0 Å². The minimum absolute atomic E-state index is 0.998. The molecule has 1 aliphatic rings. The number of pyridine rings is 1. The first-order chi connectivity index (χ1) is 21.4. The lowest BCUT2D eigenvalue weighted by Gasteiger charge is -2.14. The van der Waals surface area contributed by atoms with Crippen LogP contribution < -0.4 is 0 Å². The third-order valence-electron chi connectivity index (χ3n) is 9.44. The summed E-state index contributed by atoms with van der Waals surface area (Å²) in [6, 6.07) is 46.5. The molecule has 43 heavy (non-hydrogen) atoms. The Kier molecular flexibility index (Phi) is 3.96. The first-order valence-corrected chi connectivity index (χ1v) is 15.5. The minimum Gasteiger partial charge on any atom is -0.305 e. The Morgan fingerprint density at radius 3 is 2.05 bits per heavy atom. The SMILES string of the molecule is c1ccc2c(c1)-c1cccc3c(-n4c5ccccc5c5c6c7ccccc7sc6n6c7ccccc7nc6c54)ccc-2c13. The molecule has 0 saturated heterocycles. The van der Waals surface area contributed by atoms with Crippen LogP contribution in [0.1, 0.15) is 0 Å².